The minimum atomic E-state index is -0.237. The summed E-state index contributed by atoms with van der Waals surface area (Å²) in [7, 11) is 0. The lowest BCUT2D eigenvalue weighted by atomic mass is 10.1. The molecule has 1 fully saturated rings. The van der Waals surface area contributed by atoms with Gasteiger partial charge in [0.15, 0.2) is 0 Å². The maximum Gasteiger partial charge on any atom is 0.319 e. The zero-order valence-electron chi connectivity index (χ0n) is 17.9. The molecule has 1 saturated heterocycles. The quantitative estimate of drug-likeness (QED) is 0.483. The van der Waals surface area contributed by atoms with Crippen LogP contribution in [0, 0.1) is 6.92 Å². The molecule has 2 heterocycles. The highest BCUT2D eigenvalue weighted by atomic mass is 79.9. The summed E-state index contributed by atoms with van der Waals surface area (Å²) in [6.45, 7) is 4.83. The molecule has 1 aromatic heterocycles. The van der Waals surface area contributed by atoms with Gasteiger partial charge in [-0.3, -0.25) is 14.7 Å². The molecule has 3 aromatic rings. The predicted molar refractivity (Wildman–Crippen MR) is 130 cm³/mol. The number of aryl methyl sites for hydroxylation is 1. The molecule has 7 nitrogen and oxygen atoms in total. The van der Waals surface area contributed by atoms with Crippen LogP contribution >= 0.6 is 15.9 Å². The van der Waals surface area contributed by atoms with Gasteiger partial charge in [-0.15, -0.1) is 0 Å². The van der Waals surface area contributed by atoms with Gasteiger partial charge in [0.1, 0.15) is 0 Å². The van der Waals surface area contributed by atoms with Gasteiger partial charge in [-0.2, -0.15) is 0 Å². The van der Waals surface area contributed by atoms with Gasteiger partial charge in [0.05, 0.1) is 11.2 Å². The number of halogens is 1. The summed E-state index contributed by atoms with van der Waals surface area (Å²) in [5.74, 6) is -0.0597. The van der Waals surface area contributed by atoms with E-state index >= 15 is 0 Å². The standard InChI is InChI=1S/C24H26BrN5O2/c1-16-13-22(20-7-2-3-8-21(20)27-16)29-24(32)26-10-12-30-11-9-19(15-30)28-23(31)17-5-4-6-18(25)14-17/h2-8,13-14,19H,9-12,15H2,1H3,(H,28,31)(H2,26,27,29,32). The molecule has 32 heavy (non-hydrogen) atoms. The molecule has 1 aliphatic heterocycles. The summed E-state index contributed by atoms with van der Waals surface area (Å²) >= 11 is 3.40. The lowest BCUT2D eigenvalue weighted by Gasteiger charge is -2.17. The molecular formula is C24H26BrN5O2. The third kappa shape index (κ3) is 5.63. The van der Waals surface area contributed by atoms with Crippen molar-refractivity contribution in [3.63, 3.8) is 0 Å². The third-order valence-corrected chi connectivity index (χ3v) is 5.99. The summed E-state index contributed by atoms with van der Waals surface area (Å²) in [6, 6.07) is 16.9. The van der Waals surface area contributed by atoms with Crippen molar-refractivity contribution in [1.82, 2.24) is 20.5 Å². The number of carbonyl (C=O) groups is 2. The maximum absolute atomic E-state index is 12.4. The van der Waals surface area contributed by atoms with Crippen LogP contribution in [0.5, 0.6) is 0 Å². The van der Waals surface area contributed by atoms with Crippen LogP contribution in [-0.4, -0.2) is 54.0 Å². The first kappa shape index (κ1) is 22.2. The Hall–Kier alpha value is -2.97. The van der Waals surface area contributed by atoms with Crippen molar-refractivity contribution in [1.29, 1.82) is 0 Å². The SMILES string of the molecule is Cc1cc(NC(=O)NCCN2CCC(NC(=O)c3cccc(Br)c3)C2)c2ccccc2n1. The minimum absolute atomic E-state index is 0.0597. The Balaban J connectivity index is 1.22. The smallest absolute Gasteiger partial charge is 0.319 e. The number of urea groups is 1. The van der Waals surface area contributed by atoms with Gasteiger partial charge in [-0.1, -0.05) is 40.2 Å². The lowest BCUT2D eigenvalue weighted by molar-refractivity contribution is 0.0938. The average Bonchev–Trinajstić information content (AvgIpc) is 3.20. The fourth-order valence-corrected chi connectivity index (χ4v) is 4.36. The molecule has 166 valence electrons. The number of anilines is 1. The molecule has 0 spiro atoms. The Morgan fingerprint density at radius 1 is 1.16 bits per heavy atom. The fourth-order valence-electron chi connectivity index (χ4n) is 3.96. The number of likely N-dealkylation sites (tertiary alicyclic amines) is 1. The van der Waals surface area contributed by atoms with Gasteiger partial charge in [0, 0.05) is 53.3 Å². The average molecular weight is 496 g/mol. The Bertz CT molecular complexity index is 1140. The number of nitrogens with one attached hydrogen (secondary N) is 3. The predicted octanol–water partition coefficient (Wildman–Crippen LogP) is 3.93. The highest BCUT2D eigenvalue weighted by molar-refractivity contribution is 9.10. The van der Waals surface area contributed by atoms with Crippen LogP contribution in [-0.2, 0) is 0 Å². The van der Waals surface area contributed by atoms with E-state index in [2.05, 4.69) is 41.8 Å². The number of carbonyl (C=O) groups excluding carboxylic acids is 2. The first-order chi connectivity index (χ1) is 15.5. The van der Waals surface area contributed by atoms with E-state index in [9.17, 15) is 9.59 Å². The molecule has 0 saturated carbocycles. The summed E-state index contributed by atoms with van der Waals surface area (Å²) in [6.07, 6.45) is 0.897. The minimum Gasteiger partial charge on any atom is -0.348 e. The van der Waals surface area contributed by atoms with E-state index in [0.29, 0.717) is 12.1 Å². The van der Waals surface area contributed by atoms with E-state index in [0.717, 1.165) is 52.8 Å². The van der Waals surface area contributed by atoms with Crippen molar-refractivity contribution >= 4 is 44.5 Å². The second-order valence-corrected chi connectivity index (χ2v) is 8.89. The number of amides is 3. The highest BCUT2D eigenvalue weighted by Gasteiger charge is 2.24. The molecule has 1 unspecified atom stereocenters. The van der Waals surface area contributed by atoms with Gasteiger partial charge >= 0.3 is 6.03 Å². The number of pyridine rings is 1. The highest BCUT2D eigenvalue weighted by Crippen LogP contribution is 2.22. The third-order valence-electron chi connectivity index (χ3n) is 5.50. The molecule has 0 aliphatic carbocycles. The van der Waals surface area contributed by atoms with E-state index in [4.69, 9.17) is 0 Å². The number of hydrogen-bond acceptors (Lipinski definition) is 4. The van der Waals surface area contributed by atoms with Gasteiger partial charge in [-0.25, -0.2) is 4.79 Å². The van der Waals surface area contributed by atoms with Gasteiger partial charge in [0.25, 0.3) is 5.91 Å². The van der Waals surface area contributed by atoms with Crippen molar-refractivity contribution < 1.29 is 9.59 Å². The molecule has 0 radical (unpaired) electrons. The largest absolute Gasteiger partial charge is 0.348 e. The Labute approximate surface area is 195 Å². The second-order valence-electron chi connectivity index (χ2n) is 7.98. The van der Waals surface area contributed by atoms with E-state index in [-0.39, 0.29) is 18.0 Å². The summed E-state index contributed by atoms with van der Waals surface area (Å²) in [5.41, 5.74) is 3.11. The number of benzene rings is 2. The molecule has 1 aliphatic rings. The van der Waals surface area contributed by atoms with Gasteiger partial charge in [-0.05, 0) is 43.7 Å². The number of aromatic nitrogens is 1. The molecule has 8 heteroatoms. The fraction of sp³-hybridized carbons (Fsp3) is 0.292. The zero-order valence-corrected chi connectivity index (χ0v) is 19.5. The normalized spacial score (nSPS) is 16.1. The number of rotatable bonds is 6. The maximum atomic E-state index is 12.4. The van der Waals surface area contributed by atoms with Crippen molar-refractivity contribution in [2.75, 3.05) is 31.5 Å². The van der Waals surface area contributed by atoms with E-state index < -0.39 is 0 Å². The number of para-hydroxylation sites is 1. The van der Waals surface area contributed by atoms with E-state index in [1.54, 1.807) is 0 Å². The molecule has 2 aromatic carbocycles. The topological polar surface area (TPSA) is 86.4 Å². The molecule has 1 atom stereocenters. The molecule has 4 rings (SSSR count). The van der Waals surface area contributed by atoms with Crippen molar-refractivity contribution in [2.45, 2.75) is 19.4 Å². The van der Waals surface area contributed by atoms with Gasteiger partial charge < -0.3 is 16.0 Å². The Morgan fingerprint density at radius 3 is 2.84 bits per heavy atom. The number of nitrogens with zero attached hydrogens (tertiary/aromatic N) is 2. The first-order valence-corrected chi connectivity index (χ1v) is 11.5. The number of hydrogen-bond donors (Lipinski definition) is 3. The Kier molecular flexibility index (Phi) is 7.02. The summed E-state index contributed by atoms with van der Waals surface area (Å²) in [5, 5.41) is 9.88. The van der Waals surface area contributed by atoms with Crippen LogP contribution in [0.4, 0.5) is 10.5 Å². The summed E-state index contributed by atoms with van der Waals surface area (Å²) in [4.78, 5) is 31.6. The van der Waals surface area contributed by atoms with Crippen LogP contribution in [0.1, 0.15) is 22.5 Å². The van der Waals surface area contributed by atoms with Crippen LogP contribution in [0.2, 0.25) is 0 Å². The molecule has 3 N–H and O–H groups in total. The van der Waals surface area contributed by atoms with Crippen molar-refractivity contribution in [3.05, 3.63) is 70.3 Å². The monoisotopic (exact) mass is 495 g/mol. The van der Waals surface area contributed by atoms with Crippen LogP contribution in [0.15, 0.2) is 59.1 Å². The Morgan fingerprint density at radius 2 is 2.00 bits per heavy atom. The van der Waals surface area contributed by atoms with Crippen molar-refractivity contribution in [2.24, 2.45) is 0 Å². The number of fused-ring (bicyclic) bond motifs is 1. The molecule has 0 bridgehead atoms. The van der Waals surface area contributed by atoms with E-state index in [1.807, 2.05) is 61.5 Å². The van der Waals surface area contributed by atoms with Crippen LogP contribution in [0.3, 0.4) is 0 Å². The van der Waals surface area contributed by atoms with Crippen LogP contribution in [0.25, 0.3) is 10.9 Å². The zero-order chi connectivity index (χ0) is 22.5. The van der Waals surface area contributed by atoms with E-state index in [1.165, 1.54) is 0 Å². The lowest BCUT2D eigenvalue weighted by Crippen LogP contribution is -2.39. The molecular weight excluding hydrogens is 470 g/mol. The van der Waals surface area contributed by atoms with Crippen molar-refractivity contribution in [3.8, 4) is 0 Å². The van der Waals surface area contributed by atoms with Crippen LogP contribution < -0.4 is 16.0 Å². The second kappa shape index (κ2) is 10.1. The summed E-state index contributed by atoms with van der Waals surface area (Å²) < 4.78 is 0.887. The first-order valence-electron chi connectivity index (χ1n) is 10.7. The molecule has 3 amide bonds. The van der Waals surface area contributed by atoms with Gasteiger partial charge in [0.2, 0.25) is 0 Å².